The van der Waals surface area contributed by atoms with Gasteiger partial charge in [0.2, 0.25) is 5.91 Å². The fourth-order valence-corrected chi connectivity index (χ4v) is 2.37. The van der Waals surface area contributed by atoms with Crippen LogP contribution in [0.5, 0.6) is 0 Å². The number of carboxylic acid groups (broad SMARTS) is 1. The van der Waals surface area contributed by atoms with Crippen LogP contribution in [0, 0.1) is 0 Å². The molecule has 19 heavy (non-hydrogen) atoms. The third-order valence-electron chi connectivity index (χ3n) is 2.03. The Morgan fingerprint density at radius 3 is 2.47 bits per heavy atom. The molecular weight excluding hydrogens is 307 g/mol. The van der Waals surface area contributed by atoms with Crippen LogP contribution in [0.3, 0.4) is 0 Å². The van der Waals surface area contributed by atoms with Crippen LogP contribution < -0.4 is 5.32 Å². The standard InChI is InChI=1S/C10H9ClF3NO3S/c11-7-2-1-5(19-7)3-8(16)15-6(9(17)18)4-10(12,13)14/h1-2,6H,3-4H2,(H,15,16)(H,17,18). The van der Waals surface area contributed by atoms with Crippen LogP contribution in [0.1, 0.15) is 11.3 Å². The Balaban J connectivity index is 2.59. The van der Waals surface area contributed by atoms with Gasteiger partial charge >= 0.3 is 12.1 Å². The van der Waals surface area contributed by atoms with Crippen molar-refractivity contribution in [2.45, 2.75) is 25.1 Å². The van der Waals surface area contributed by atoms with Gasteiger partial charge in [0.15, 0.2) is 0 Å². The maximum atomic E-state index is 12.1. The van der Waals surface area contributed by atoms with E-state index in [4.69, 9.17) is 16.7 Å². The van der Waals surface area contributed by atoms with Crippen LogP contribution in [0.4, 0.5) is 13.2 Å². The van der Waals surface area contributed by atoms with E-state index >= 15 is 0 Å². The summed E-state index contributed by atoms with van der Waals surface area (Å²) in [6, 6.07) is 1.11. The number of rotatable bonds is 5. The molecule has 0 radical (unpaired) electrons. The quantitative estimate of drug-likeness (QED) is 0.877. The smallest absolute Gasteiger partial charge is 0.391 e. The summed E-state index contributed by atoms with van der Waals surface area (Å²) in [6.45, 7) is 0. The SMILES string of the molecule is O=C(Cc1ccc(Cl)s1)NC(CC(F)(F)F)C(=O)O. The van der Waals surface area contributed by atoms with Gasteiger partial charge in [0, 0.05) is 4.88 Å². The Morgan fingerprint density at radius 1 is 1.42 bits per heavy atom. The average Bonchev–Trinajstić information content (AvgIpc) is 2.60. The van der Waals surface area contributed by atoms with Crippen LogP contribution in [0.2, 0.25) is 4.34 Å². The zero-order valence-corrected chi connectivity index (χ0v) is 10.9. The van der Waals surface area contributed by atoms with Crippen LogP contribution in [-0.2, 0) is 16.0 Å². The van der Waals surface area contributed by atoms with Crippen molar-refractivity contribution in [3.63, 3.8) is 0 Å². The van der Waals surface area contributed by atoms with E-state index in [1.807, 2.05) is 5.32 Å². The molecule has 1 heterocycles. The van der Waals surface area contributed by atoms with Crippen LogP contribution in [0.25, 0.3) is 0 Å². The highest BCUT2D eigenvalue weighted by Gasteiger charge is 2.36. The molecule has 0 bridgehead atoms. The van der Waals surface area contributed by atoms with Crippen molar-refractivity contribution in [3.8, 4) is 0 Å². The van der Waals surface area contributed by atoms with Crippen molar-refractivity contribution in [1.82, 2.24) is 5.32 Å². The summed E-state index contributed by atoms with van der Waals surface area (Å²) >= 11 is 6.73. The summed E-state index contributed by atoms with van der Waals surface area (Å²) in [5, 5.41) is 10.5. The number of amides is 1. The van der Waals surface area contributed by atoms with E-state index in [0.717, 1.165) is 11.3 Å². The number of hydrogen-bond acceptors (Lipinski definition) is 3. The first-order chi connectivity index (χ1) is 8.67. The second kappa shape index (κ2) is 6.25. The summed E-state index contributed by atoms with van der Waals surface area (Å²) in [5.74, 6) is -2.52. The number of aliphatic carboxylic acids is 1. The first-order valence-electron chi connectivity index (χ1n) is 5.00. The molecule has 0 aliphatic rings. The highest BCUT2D eigenvalue weighted by atomic mass is 35.5. The number of alkyl halides is 3. The maximum absolute atomic E-state index is 12.1. The number of carbonyl (C=O) groups is 2. The average molecular weight is 316 g/mol. The van der Waals surface area contributed by atoms with Gasteiger partial charge in [0.1, 0.15) is 6.04 Å². The predicted molar refractivity (Wildman–Crippen MR) is 63.3 cm³/mol. The molecule has 2 N–H and O–H groups in total. The molecule has 1 amide bonds. The van der Waals surface area contributed by atoms with Crippen molar-refractivity contribution in [2.24, 2.45) is 0 Å². The molecule has 106 valence electrons. The Hall–Kier alpha value is -1.28. The highest BCUT2D eigenvalue weighted by molar-refractivity contribution is 7.16. The van der Waals surface area contributed by atoms with Crippen molar-refractivity contribution >= 4 is 34.8 Å². The van der Waals surface area contributed by atoms with Gasteiger partial charge in [-0.15, -0.1) is 11.3 Å². The Kier molecular flexibility index (Phi) is 5.19. The minimum atomic E-state index is -4.66. The lowest BCUT2D eigenvalue weighted by atomic mass is 10.2. The zero-order valence-electron chi connectivity index (χ0n) is 9.33. The van der Waals surface area contributed by atoms with Crippen molar-refractivity contribution < 1.29 is 27.9 Å². The van der Waals surface area contributed by atoms with Gasteiger partial charge in [-0.05, 0) is 12.1 Å². The number of halogens is 4. The Bertz CT molecular complexity index is 475. The lowest BCUT2D eigenvalue weighted by molar-refractivity contribution is -0.159. The van der Waals surface area contributed by atoms with Crippen molar-refractivity contribution in [3.05, 3.63) is 21.3 Å². The lowest BCUT2D eigenvalue weighted by Crippen LogP contribution is -2.44. The first kappa shape index (κ1) is 15.8. The molecule has 0 fully saturated rings. The van der Waals surface area contributed by atoms with Crippen LogP contribution in [0.15, 0.2) is 12.1 Å². The van der Waals surface area contributed by atoms with E-state index < -0.39 is 30.5 Å². The molecule has 9 heteroatoms. The van der Waals surface area contributed by atoms with Gasteiger partial charge in [0.05, 0.1) is 17.2 Å². The maximum Gasteiger partial charge on any atom is 0.391 e. The summed E-state index contributed by atoms with van der Waals surface area (Å²) in [6.07, 6.45) is -6.49. The monoisotopic (exact) mass is 315 g/mol. The molecule has 0 aliphatic carbocycles. The molecule has 4 nitrogen and oxygen atoms in total. The molecule has 1 aromatic heterocycles. The van der Waals surface area contributed by atoms with Crippen molar-refractivity contribution in [2.75, 3.05) is 0 Å². The molecule has 1 rings (SSSR count). The second-order valence-corrected chi connectivity index (χ2v) is 5.46. The fraction of sp³-hybridized carbons (Fsp3) is 0.400. The van der Waals surface area contributed by atoms with E-state index in [9.17, 15) is 22.8 Å². The molecule has 0 aliphatic heterocycles. The highest BCUT2D eigenvalue weighted by Crippen LogP contribution is 2.23. The molecule has 0 saturated heterocycles. The van der Waals surface area contributed by atoms with E-state index in [1.165, 1.54) is 0 Å². The van der Waals surface area contributed by atoms with Crippen LogP contribution >= 0.6 is 22.9 Å². The van der Waals surface area contributed by atoms with Crippen LogP contribution in [-0.4, -0.2) is 29.2 Å². The first-order valence-corrected chi connectivity index (χ1v) is 6.20. The lowest BCUT2D eigenvalue weighted by Gasteiger charge is -2.15. The number of nitrogens with one attached hydrogen (secondary N) is 1. The molecule has 1 unspecified atom stereocenters. The Morgan fingerprint density at radius 2 is 2.05 bits per heavy atom. The fourth-order valence-electron chi connectivity index (χ4n) is 1.28. The predicted octanol–water partition coefficient (Wildman–Crippen LogP) is 2.47. The van der Waals surface area contributed by atoms with Gasteiger partial charge in [-0.2, -0.15) is 13.2 Å². The largest absolute Gasteiger partial charge is 0.480 e. The van der Waals surface area contributed by atoms with E-state index in [2.05, 4.69) is 0 Å². The number of carboxylic acids is 1. The van der Waals surface area contributed by atoms with Gasteiger partial charge in [-0.1, -0.05) is 11.6 Å². The van der Waals surface area contributed by atoms with Gasteiger partial charge in [-0.25, -0.2) is 4.79 Å². The molecule has 1 atom stereocenters. The summed E-state index contributed by atoms with van der Waals surface area (Å²) < 4.78 is 36.8. The second-order valence-electron chi connectivity index (χ2n) is 3.66. The topological polar surface area (TPSA) is 66.4 Å². The zero-order chi connectivity index (χ0) is 14.6. The van der Waals surface area contributed by atoms with Gasteiger partial charge in [0.25, 0.3) is 0 Å². The minimum Gasteiger partial charge on any atom is -0.480 e. The third kappa shape index (κ3) is 5.93. The summed E-state index contributed by atoms with van der Waals surface area (Å²) in [7, 11) is 0. The van der Waals surface area contributed by atoms with Crippen molar-refractivity contribution in [1.29, 1.82) is 0 Å². The molecule has 1 aromatic rings. The van der Waals surface area contributed by atoms with Gasteiger partial charge < -0.3 is 10.4 Å². The molecular formula is C10H9ClF3NO3S. The molecule has 0 saturated carbocycles. The molecule has 0 spiro atoms. The van der Waals surface area contributed by atoms with Gasteiger partial charge in [-0.3, -0.25) is 4.79 Å². The molecule has 0 aromatic carbocycles. The number of thiophene rings is 1. The summed E-state index contributed by atoms with van der Waals surface area (Å²) in [4.78, 5) is 22.6. The van der Waals surface area contributed by atoms with E-state index in [0.29, 0.717) is 9.21 Å². The summed E-state index contributed by atoms with van der Waals surface area (Å²) in [5.41, 5.74) is 0. The number of carbonyl (C=O) groups excluding carboxylic acids is 1. The number of hydrogen-bond donors (Lipinski definition) is 2. The van der Waals surface area contributed by atoms with E-state index in [-0.39, 0.29) is 6.42 Å². The third-order valence-corrected chi connectivity index (χ3v) is 3.26. The Labute approximate surface area is 115 Å². The normalized spacial score (nSPS) is 13.1. The van der Waals surface area contributed by atoms with E-state index in [1.54, 1.807) is 12.1 Å². The minimum absolute atomic E-state index is 0.209.